The summed E-state index contributed by atoms with van der Waals surface area (Å²) in [6.45, 7) is 6.01. The highest BCUT2D eigenvalue weighted by molar-refractivity contribution is 9.11. The van der Waals surface area contributed by atoms with Crippen LogP contribution in [0.5, 0.6) is 0 Å². The number of nitrogens with one attached hydrogen (secondary N) is 1. The Kier molecular flexibility index (Phi) is 5.03. The predicted octanol–water partition coefficient (Wildman–Crippen LogP) is 4.44. The minimum atomic E-state index is 0.314. The Morgan fingerprint density at radius 1 is 1.47 bits per heavy atom. The quantitative estimate of drug-likeness (QED) is 0.804. The fourth-order valence-corrected chi connectivity index (χ4v) is 2.40. The molecule has 15 heavy (non-hydrogen) atoms. The first-order valence-electron chi connectivity index (χ1n) is 4.81. The standard InChI is InChI=1S/C12H15Br2N/c1-8(2)6-12(15-3)10-7-9(13)4-5-11(10)14/h4-5,7,12,15H,1,6H2,2-3H3. The van der Waals surface area contributed by atoms with Gasteiger partial charge in [0.1, 0.15) is 0 Å². The van der Waals surface area contributed by atoms with Gasteiger partial charge in [-0.2, -0.15) is 0 Å². The van der Waals surface area contributed by atoms with Crippen molar-refractivity contribution in [3.8, 4) is 0 Å². The third-order valence-corrected chi connectivity index (χ3v) is 3.45. The van der Waals surface area contributed by atoms with Crippen molar-refractivity contribution in [2.75, 3.05) is 7.05 Å². The first kappa shape index (κ1) is 12.9. The van der Waals surface area contributed by atoms with Crippen LogP contribution in [0.1, 0.15) is 24.9 Å². The molecule has 1 aromatic carbocycles. The lowest BCUT2D eigenvalue weighted by atomic mass is 10.0. The summed E-state index contributed by atoms with van der Waals surface area (Å²) in [6, 6.07) is 6.53. The van der Waals surface area contributed by atoms with Crippen LogP contribution >= 0.6 is 31.9 Å². The van der Waals surface area contributed by atoms with Crippen molar-refractivity contribution in [2.24, 2.45) is 0 Å². The lowest BCUT2D eigenvalue weighted by Gasteiger charge is -2.18. The van der Waals surface area contributed by atoms with Gasteiger partial charge in [-0.25, -0.2) is 0 Å². The molecule has 0 amide bonds. The van der Waals surface area contributed by atoms with E-state index in [0.717, 1.165) is 15.4 Å². The van der Waals surface area contributed by atoms with Crippen LogP contribution in [0.25, 0.3) is 0 Å². The molecule has 82 valence electrons. The third-order valence-electron chi connectivity index (χ3n) is 2.23. The van der Waals surface area contributed by atoms with E-state index in [2.05, 4.69) is 62.8 Å². The van der Waals surface area contributed by atoms with Gasteiger partial charge >= 0.3 is 0 Å². The SMILES string of the molecule is C=C(C)CC(NC)c1cc(Br)ccc1Br. The first-order chi connectivity index (χ1) is 7.04. The highest BCUT2D eigenvalue weighted by atomic mass is 79.9. The van der Waals surface area contributed by atoms with Gasteiger partial charge in [-0.1, -0.05) is 37.4 Å². The summed E-state index contributed by atoms with van der Waals surface area (Å²) in [4.78, 5) is 0. The maximum Gasteiger partial charge on any atom is 0.0366 e. The lowest BCUT2D eigenvalue weighted by molar-refractivity contribution is 0.587. The second-order valence-electron chi connectivity index (χ2n) is 3.67. The van der Waals surface area contributed by atoms with Crippen LogP contribution in [0.15, 0.2) is 39.3 Å². The van der Waals surface area contributed by atoms with Gasteiger partial charge in [-0.3, -0.25) is 0 Å². The Balaban J connectivity index is 3.00. The number of rotatable bonds is 4. The van der Waals surface area contributed by atoms with Gasteiger partial charge in [0, 0.05) is 15.0 Å². The molecule has 1 nitrogen and oxygen atoms in total. The smallest absolute Gasteiger partial charge is 0.0366 e. The van der Waals surface area contributed by atoms with Gasteiger partial charge in [0.15, 0.2) is 0 Å². The number of hydrogen-bond donors (Lipinski definition) is 1. The molecule has 0 aromatic heterocycles. The predicted molar refractivity (Wildman–Crippen MR) is 73.1 cm³/mol. The zero-order chi connectivity index (χ0) is 11.4. The Morgan fingerprint density at radius 2 is 2.13 bits per heavy atom. The largest absolute Gasteiger partial charge is 0.313 e. The van der Waals surface area contributed by atoms with Crippen LogP contribution in [0.2, 0.25) is 0 Å². The monoisotopic (exact) mass is 331 g/mol. The molecule has 0 spiro atoms. The highest BCUT2D eigenvalue weighted by Gasteiger charge is 2.12. The van der Waals surface area contributed by atoms with E-state index >= 15 is 0 Å². The summed E-state index contributed by atoms with van der Waals surface area (Å²) in [5.74, 6) is 0. The minimum Gasteiger partial charge on any atom is -0.313 e. The summed E-state index contributed by atoms with van der Waals surface area (Å²) >= 11 is 7.06. The van der Waals surface area contributed by atoms with Crippen molar-refractivity contribution in [3.05, 3.63) is 44.9 Å². The van der Waals surface area contributed by atoms with Crippen molar-refractivity contribution in [1.29, 1.82) is 0 Å². The van der Waals surface area contributed by atoms with Crippen molar-refractivity contribution >= 4 is 31.9 Å². The van der Waals surface area contributed by atoms with E-state index < -0.39 is 0 Å². The first-order valence-corrected chi connectivity index (χ1v) is 6.39. The van der Waals surface area contributed by atoms with Crippen LogP contribution < -0.4 is 5.32 Å². The summed E-state index contributed by atoms with van der Waals surface area (Å²) in [7, 11) is 1.97. The van der Waals surface area contributed by atoms with Crippen LogP contribution in [0.3, 0.4) is 0 Å². The topological polar surface area (TPSA) is 12.0 Å². The van der Waals surface area contributed by atoms with Crippen LogP contribution in [0.4, 0.5) is 0 Å². The van der Waals surface area contributed by atoms with Crippen LogP contribution in [-0.4, -0.2) is 7.05 Å². The number of hydrogen-bond acceptors (Lipinski definition) is 1. The van der Waals surface area contributed by atoms with Gasteiger partial charge in [0.2, 0.25) is 0 Å². The second-order valence-corrected chi connectivity index (χ2v) is 5.44. The van der Waals surface area contributed by atoms with Crippen LogP contribution in [0, 0.1) is 0 Å². The zero-order valence-corrected chi connectivity index (χ0v) is 12.2. The van der Waals surface area contributed by atoms with Crippen LogP contribution in [-0.2, 0) is 0 Å². The molecule has 0 saturated heterocycles. The van der Waals surface area contributed by atoms with Crippen molar-refractivity contribution in [1.82, 2.24) is 5.32 Å². The average Bonchev–Trinajstić information content (AvgIpc) is 2.18. The maximum atomic E-state index is 3.95. The van der Waals surface area contributed by atoms with E-state index in [1.54, 1.807) is 0 Å². The maximum absolute atomic E-state index is 3.95. The fourth-order valence-electron chi connectivity index (χ4n) is 1.50. The summed E-state index contributed by atoms with van der Waals surface area (Å²) in [5, 5.41) is 3.31. The highest BCUT2D eigenvalue weighted by Crippen LogP contribution is 2.29. The fraction of sp³-hybridized carbons (Fsp3) is 0.333. The molecule has 0 aliphatic rings. The molecule has 3 heteroatoms. The lowest BCUT2D eigenvalue weighted by Crippen LogP contribution is -2.17. The summed E-state index contributed by atoms with van der Waals surface area (Å²) in [5.41, 5.74) is 2.44. The van der Waals surface area contributed by atoms with E-state index in [9.17, 15) is 0 Å². The minimum absolute atomic E-state index is 0.314. The molecule has 1 aromatic rings. The van der Waals surface area contributed by atoms with Gasteiger partial charge < -0.3 is 5.32 Å². The normalized spacial score (nSPS) is 12.5. The molecule has 0 heterocycles. The van der Waals surface area contributed by atoms with Crippen molar-refractivity contribution in [3.63, 3.8) is 0 Å². The third kappa shape index (κ3) is 3.74. The average molecular weight is 333 g/mol. The van der Waals surface area contributed by atoms with Crippen molar-refractivity contribution in [2.45, 2.75) is 19.4 Å². The van der Waals surface area contributed by atoms with Gasteiger partial charge in [0.25, 0.3) is 0 Å². The van der Waals surface area contributed by atoms with E-state index in [0.29, 0.717) is 6.04 Å². The molecule has 0 saturated carbocycles. The van der Waals surface area contributed by atoms with Gasteiger partial charge in [-0.15, -0.1) is 6.58 Å². The molecule has 0 aliphatic carbocycles. The van der Waals surface area contributed by atoms with E-state index in [4.69, 9.17) is 0 Å². The van der Waals surface area contributed by atoms with E-state index in [-0.39, 0.29) is 0 Å². The summed E-state index contributed by atoms with van der Waals surface area (Å²) < 4.78 is 2.23. The molecule has 0 bridgehead atoms. The molecule has 0 fully saturated rings. The second kappa shape index (κ2) is 5.83. The van der Waals surface area contributed by atoms with Gasteiger partial charge in [-0.05, 0) is 44.2 Å². The molecule has 0 aliphatic heterocycles. The van der Waals surface area contributed by atoms with Gasteiger partial charge in [0.05, 0.1) is 0 Å². The Morgan fingerprint density at radius 3 is 2.67 bits per heavy atom. The molecule has 1 unspecified atom stereocenters. The number of halogens is 2. The molecule has 1 atom stereocenters. The molecular formula is C12H15Br2N. The Bertz CT molecular complexity index is 361. The molecule has 1 N–H and O–H groups in total. The molecular weight excluding hydrogens is 318 g/mol. The zero-order valence-electron chi connectivity index (χ0n) is 8.98. The summed E-state index contributed by atoms with van der Waals surface area (Å²) in [6.07, 6.45) is 0.950. The van der Waals surface area contributed by atoms with Crippen molar-refractivity contribution < 1.29 is 0 Å². The molecule has 1 rings (SSSR count). The van der Waals surface area contributed by atoms with E-state index in [1.807, 2.05) is 13.1 Å². The molecule has 0 radical (unpaired) electrons. The van der Waals surface area contributed by atoms with E-state index in [1.165, 1.54) is 11.1 Å². The Hall–Kier alpha value is -0.120. The Labute approximate surface area is 108 Å². The number of benzene rings is 1.